The number of thioether (sulfide) groups is 1. The van der Waals surface area contributed by atoms with Gasteiger partial charge in [-0.05, 0) is 37.5 Å². The lowest BCUT2D eigenvalue weighted by Gasteiger charge is -2.31. The van der Waals surface area contributed by atoms with Gasteiger partial charge in [-0.3, -0.25) is 14.4 Å². The van der Waals surface area contributed by atoms with Crippen molar-refractivity contribution in [1.29, 1.82) is 5.26 Å². The average Bonchev–Trinajstić information content (AvgIpc) is 3.35. The van der Waals surface area contributed by atoms with E-state index in [0.29, 0.717) is 31.1 Å². The lowest BCUT2D eigenvalue weighted by atomic mass is 9.78. The zero-order valence-electron chi connectivity index (χ0n) is 18.9. The number of amides is 2. The molecule has 2 N–H and O–H groups in total. The smallest absolute Gasteiger partial charge is 0.319 e. The number of benzene rings is 1. The Labute approximate surface area is 207 Å². The summed E-state index contributed by atoms with van der Waals surface area (Å²) in [6.07, 6.45) is 1.87. The number of nitrogens with one attached hydrogen (secondary N) is 2. The Morgan fingerprint density at radius 3 is 2.82 bits per heavy atom. The third kappa shape index (κ3) is 6.03. The van der Waals surface area contributed by atoms with E-state index in [1.165, 1.54) is 7.11 Å². The van der Waals surface area contributed by atoms with Gasteiger partial charge in [-0.2, -0.15) is 5.26 Å². The van der Waals surface area contributed by atoms with E-state index in [4.69, 9.17) is 25.8 Å². The molecule has 182 valence electrons. The van der Waals surface area contributed by atoms with Gasteiger partial charge in [-0.15, -0.1) is 0 Å². The molecule has 0 spiro atoms. The van der Waals surface area contributed by atoms with Crippen molar-refractivity contribution in [2.24, 2.45) is 5.92 Å². The Bertz CT molecular complexity index is 1020. The predicted octanol–water partition coefficient (Wildman–Crippen LogP) is 2.50. The first-order valence-corrected chi connectivity index (χ1v) is 12.2. The molecule has 0 unspecified atom stereocenters. The number of nitriles is 1. The maximum atomic E-state index is 12.9. The summed E-state index contributed by atoms with van der Waals surface area (Å²) in [4.78, 5) is 37.7. The molecule has 0 radical (unpaired) electrons. The zero-order chi connectivity index (χ0) is 24.7. The Morgan fingerprint density at radius 2 is 2.21 bits per heavy atom. The van der Waals surface area contributed by atoms with Gasteiger partial charge >= 0.3 is 5.97 Å². The summed E-state index contributed by atoms with van der Waals surface area (Å²) in [6.45, 7) is 3.33. The molecule has 9 nitrogen and oxygen atoms in total. The number of hydrogen-bond donors (Lipinski definition) is 2. The van der Waals surface area contributed by atoms with E-state index in [2.05, 4.69) is 16.7 Å². The van der Waals surface area contributed by atoms with Gasteiger partial charge in [0.25, 0.3) is 0 Å². The minimum atomic E-state index is -1.29. The van der Waals surface area contributed by atoms with E-state index in [1.807, 2.05) is 6.92 Å². The van der Waals surface area contributed by atoms with Gasteiger partial charge < -0.3 is 24.8 Å². The molecule has 2 aliphatic rings. The van der Waals surface area contributed by atoms with Crippen LogP contribution in [0.25, 0.3) is 0 Å². The fraction of sp³-hybridized carbons (Fsp3) is 0.478. The monoisotopic (exact) mass is 507 g/mol. The molecule has 1 aromatic carbocycles. The van der Waals surface area contributed by atoms with E-state index in [-0.39, 0.29) is 33.4 Å². The first kappa shape index (κ1) is 25.9. The molecular weight excluding hydrogens is 482 g/mol. The molecule has 0 bridgehead atoms. The van der Waals surface area contributed by atoms with Crippen molar-refractivity contribution in [1.82, 2.24) is 10.6 Å². The van der Waals surface area contributed by atoms with Crippen molar-refractivity contribution >= 4 is 41.1 Å². The molecule has 3 atom stereocenters. The van der Waals surface area contributed by atoms with Gasteiger partial charge in [0.1, 0.15) is 11.7 Å². The van der Waals surface area contributed by atoms with Crippen molar-refractivity contribution < 1.29 is 28.6 Å². The van der Waals surface area contributed by atoms with Crippen molar-refractivity contribution in [3.8, 4) is 11.8 Å². The van der Waals surface area contributed by atoms with Crippen LogP contribution in [-0.2, 0) is 23.9 Å². The van der Waals surface area contributed by atoms with Crippen LogP contribution in [0.2, 0.25) is 5.02 Å². The summed E-state index contributed by atoms with van der Waals surface area (Å²) in [7, 11) is 1.18. The van der Waals surface area contributed by atoms with Crippen LogP contribution in [0.15, 0.2) is 28.8 Å². The van der Waals surface area contributed by atoms with Gasteiger partial charge in [0.2, 0.25) is 11.8 Å². The number of rotatable bonds is 9. The third-order valence-electron chi connectivity index (χ3n) is 5.50. The molecule has 1 aromatic rings. The number of esters is 1. The molecule has 1 fully saturated rings. The topological polar surface area (TPSA) is 127 Å². The van der Waals surface area contributed by atoms with Crippen LogP contribution in [0.1, 0.15) is 31.2 Å². The van der Waals surface area contributed by atoms with Crippen molar-refractivity contribution in [3.63, 3.8) is 0 Å². The molecule has 34 heavy (non-hydrogen) atoms. The van der Waals surface area contributed by atoms with E-state index < -0.39 is 23.7 Å². The van der Waals surface area contributed by atoms with Crippen LogP contribution in [0.4, 0.5) is 0 Å². The maximum Gasteiger partial charge on any atom is 0.319 e. The molecule has 1 saturated heterocycles. The molecule has 2 amide bonds. The van der Waals surface area contributed by atoms with Crippen LogP contribution >= 0.6 is 23.4 Å². The number of hydrogen-bond acceptors (Lipinski definition) is 8. The number of methoxy groups -OCH3 is 1. The van der Waals surface area contributed by atoms with E-state index in [0.717, 1.165) is 24.6 Å². The highest BCUT2D eigenvalue weighted by Gasteiger charge is 2.44. The fourth-order valence-corrected chi connectivity index (χ4v) is 5.01. The van der Waals surface area contributed by atoms with Crippen LogP contribution in [0, 0.1) is 17.2 Å². The minimum Gasteiger partial charge on any atom is -0.492 e. The molecule has 0 aromatic heterocycles. The third-order valence-corrected chi connectivity index (χ3v) is 6.81. The molecule has 2 heterocycles. The molecule has 0 aliphatic carbocycles. The van der Waals surface area contributed by atoms with E-state index in [9.17, 15) is 19.6 Å². The van der Waals surface area contributed by atoms with E-state index in [1.54, 1.807) is 18.2 Å². The zero-order valence-corrected chi connectivity index (χ0v) is 20.5. The summed E-state index contributed by atoms with van der Waals surface area (Å²) in [6, 6.07) is 6.96. The van der Waals surface area contributed by atoms with Crippen LogP contribution < -0.4 is 15.4 Å². The summed E-state index contributed by atoms with van der Waals surface area (Å²) >= 11 is 7.36. The molecule has 11 heteroatoms. The first-order chi connectivity index (χ1) is 16.4. The van der Waals surface area contributed by atoms with Gasteiger partial charge in [-0.1, -0.05) is 29.4 Å². The Kier molecular flexibility index (Phi) is 9.21. The highest BCUT2D eigenvalue weighted by atomic mass is 35.5. The van der Waals surface area contributed by atoms with Gasteiger partial charge in [0.05, 0.1) is 47.3 Å². The number of ether oxygens (including phenoxy) is 3. The van der Waals surface area contributed by atoms with Gasteiger partial charge in [0.15, 0.2) is 0 Å². The molecular formula is C23H26ClN3O6S. The van der Waals surface area contributed by atoms with Crippen molar-refractivity contribution in [3.05, 3.63) is 39.4 Å². The number of nitrogens with zero attached hydrogens (tertiary/aromatic N) is 1. The van der Waals surface area contributed by atoms with E-state index >= 15 is 0 Å². The highest BCUT2D eigenvalue weighted by molar-refractivity contribution is 8.03. The lowest BCUT2D eigenvalue weighted by Crippen LogP contribution is -2.44. The minimum absolute atomic E-state index is 0.00632. The second kappa shape index (κ2) is 12.1. The summed E-state index contributed by atoms with van der Waals surface area (Å²) in [5.74, 6) is -3.45. The Hall–Kier alpha value is -2.74. The second-order valence-electron chi connectivity index (χ2n) is 7.67. The SMILES string of the molecule is CCOc1ccc([C@@H]2C(C#N)=C(SCC(=O)NC[C@H]3CCCO3)NC(=O)[C@H]2C(=O)OC)cc1Cl. The molecule has 2 aliphatic heterocycles. The quantitative estimate of drug-likeness (QED) is 0.385. The van der Waals surface area contributed by atoms with Crippen LogP contribution in [-0.4, -0.2) is 56.5 Å². The number of carbonyl (C=O) groups is 3. The lowest BCUT2D eigenvalue weighted by molar-refractivity contribution is -0.150. The average molecular weight is 508 g/mol. The van der Waals surface area contributed by atoms with Crippen LogP contribution in [0.3, 0.4) is 0 Å². The summed E-state index contributed by atoms with van der Waals surface area (Å²) < 4.78 is 15.8. The van der Waals surface area contributed by atoms with Crippen molar-refractivity contribution in [2.45, 2.75) is 31.8 Å². The number of carbonyl (C=O) groups excluding carboxylic acids is 3. The Balaban J connectivity index is 1.86. The van der Waals surface area contributed by atoms with Gasteiger partial charge in [0, 0.05) is 19.1 Å². The molecule has 0 saturated carbocycles. The molecule has 3 rings (SSSR count). The maximum absolute atomic E-state index is 12.9. The number of halogens is 1. The Morgan fingerprint density at radius 1 is 1.41 bits per heavy atom. The predicted molar refractivity (Wildman–Crippen MR) is 126 cm³/mol. The van der Waals surface area contributed by atoms with Crippen LogP contribution in [0.5, 0.6) is 5.75 Å². The highest BCUT2D eigenvalue weighted by Crippen LogP contribution is 2.42. The second-order valence-corrected chi connectivity index (χ2v) is 9.07. The summed E-state index contributed by atoms with van der Waals surface area (Å²) in [5, 5.41) is 15.9. The fourth-order valence-electron chi connectivity index (χ4n) is 3.88. The van der Waals surface area contributed by atoms with Gasteiger partial charge in [-0.25, -0.2) is 0 Å². The largest absolute Gasteiger partial charge is 0.492 e. The first-order valence-electron chi connectivity index (χ1n) is 10.9. The standard InChI is InChI=1S/C23H26ClN3O6S/c1-3-32-17-7-6-13(9-16(17)24)19-15(10-25)22(27-21(29)20(19)23(30)31-2)34-12-18(28)26-11-14-5-4-8-33-14/h6-7,9,14,19-20H,3-5,8,11-12H2,1-2H3,(H,26,28)(H,27,29)/t14-,19-,20+/m1/s1. The summed E-state index contributed by atoms with van der Waals surface area (Å²) in [5.41, 5.74) is 0.628. The normalized spacial score (nSPS) is 22.1. The van der Waals surface area contributed by atoms with Crippen molar-refractivity contribution in [2.75, 3.05) is 32.6 Å². The number of allylic oxidation sites excluding steroid dienone is 1.